The lowest BCUT2D eigenvalue weighted by Crippen LogP contribution is -2.18. The lowest BCUT2D eigenvalue weighted by molar-refractivity contribution is -0.118. The smallest absolute Gasteiger partial charge is 0.255 e. The zero-order chi connectivity index (χ0) is 17.7. The molecule has 5 nitrogen and oxygen atoms in total. The molecule has 0 fully saturated rings. The fourth-order valence-corrected chi connectivity index (χ4v) is 2.06. The lowest BCUT2D eigenvalue weighted by Gasteiger charge is -2.14. The van der Waals surface area contributed by atoms with Crippen LogP contribution in [0.1, 0.15) is 29.8 Å². The van der Waals surface area contributed by atoms with E-state index in [4.69, 9.17) is 4.74 Å². The number of methoxy groups -OCH3 is 1. The molecule has 5 heteroatoms. The van der Waals surface area contributed by atoms with Crippen molar-refractivity contribution in [2.45, 2.75) is 20.8 Å². The molecule has 0 radical (unpaired) electrons. The molecule has 0 bridgehead atoms. The summed E-state index contributed by atoms with van der Waals surface area (Å²) >= 11 is 0. The highest BCUT2D eigenvalue weighted by Gasteiger charge is 2.12. The number of benzene rings is 2. The van der Waals surface area contributed by atoms with Crippen LogP contribution in [0, 0.1) is 12.8 Å². The maximum atomic E-state index is 12.3. The summed E-state index contributed by atoms with van der Waals surface area (Å²) in [5.41, 5.74) is 2.85. The first-order chi connectivity index (χ1) is 11.4. The van der Waals surface area contributed by atoms with Crippen LogP contribution >= 0.6 is 0 Å². The fourth-order valence-electron chi connectivity index (χ4n) is 2.06. The molecule has 2 N–H and O–H groups in total. The molecule has 2 aromatic carbocycles. The van der Waals surface area contributed by atoms with Gasteiger partial charge in [-0.1, -0.05) is 31.5 Å². The van der Waals surface area contributed by atoms with E-state index < -0.39 is 0 Å². The molecule has 2 aromatic rings. The second kappa shape index (κ2) is 7.64. The first-order valence-corrected chi connectivity index (χ1v) is 7.77. The Hall–Kier alpha value is -2.82. The van der Waals surface area contributed by atoms with Crippen LogP contribution in [-0.4, -0.2) is 18.9 Å². The average Bonchev–Trinajstić information content (AvgIpc) is 2.56. The van der Waals surface area contributed by atoms with E-state index in [9.17, 15) is 9.59 Å². The second-order valence-electron chi connectivity index (χ2n) is 5.88. The van der Waals surface area contributed by atoms with Crippen molar-refractivity contribution in [3.8, 4) is 5.75 Å². The van der Waals surface area contributed by atoms with Crippen molar-refractivity contribution in [2.75, 3.05) is 17.7 Å². The topological polar surface area (TPSA) is 67.4 Å². The number of ether oxygens (including phenoxy) is 1. The monoisotopic (exact) mass is 326 g/mol. The Kier molecular flexibility index (Phi) is 5.58. The van der Waals surface area contributed by atoms with E-state index in [-0.39, 0.29) is 17.7 Å². The maximum absolute atomic E-state index is 12.3. The Morgan fingerprint density at radius 2 is 1.67 bits per heavy atom. The van der Waals surface area contributed by atoms with Crippen LogP contribution in [0.2, 0.25) is 0 Å². The number of nitrogens with one attached hydrogen (secondary N) is 2. The van der Waals surface area contributed by atoms with Gasteiger partial charge in [0, 0.05) is 23.2 Å². The lowest BCUT2D eigenvalue weighted by atomic mass is 10.1. The summed E-state index contributed by atoms with van der Waals surface area (Å²) in [6.45, 7) is 5.60. The molecule has 24 heavy (non-hydrogen) atoms. The van der Waals surface area contributed by atoms with Gasteiger partial charge >= 0.3 is 0 Å². The number of rotatable bonds is 5. The number of hydrogen-bond acceptors (Lipinski definition) is 3. The van der Waals surface area contributed by atoms with Gasteiger partial charge in [-0.05, 0) is 31.2 Å². The summed E-state index contributed by atoms with van der Waals surface area (Å²) in [7, 11) is 1.52. The molecule has 0 aromatic heterocycles. The standard InChI is InChI=1S/C19H22N2O3/c1-12(2)18(22)21-16-10-9-15(11-17(16)24-4)20-19(23)14-7-5-13(3)6-8-14/h5-12H,1-4H3,(H,20,23)(H,21,22). The van der Waals surface area contributed by atoms with Crippen molar-refractivity contribution in [3.63, 3.8) is 0 Å². The highest BCUT2D eigenvalue weighted by Crippen LogP contribution is 2.28. The molecule has 0 unspecified atom stereocenters. The summed E-state index contributed by atoms with van der Waals surface area (Å²) < 4.78 is 5.30. The molecule has 0 spiro atoms. The average molecular weight is 326 g/mol. The normalized spacial score (nSPS) is 10.4. The molecule has 0 heterocycles. The summed E-state index contributed by atoms with van der Waals surface area (Å²) in [4.78, 5) is 24.1. The van der Waals surface area contributed by atoms with Gasteiger partial charge in [0.05, 0.1) is 12.8 Å². The molecule has 126 valence electrons. The molecule has 2 rings (SSSR count). The van der Waals surface area contributed by atoms with Crippen molar-refractivity contribution in [1.29, 1.82) is 0 Å². The number of anilines is 2. The predicted molar refractivity (Wildman–Crippen MR) is 95.6 cm³/mol. The van der Waals surface area contributed by atoms with E-state index >= 15 is 0 Å². The Morgan fingerprint density at radius 1 is 1.00 bits per heavy atom. The number of aryl methyl sites for hydroxylation is 1. The van der Waals surface area contributed by atoms with Gasteiger partial charge in [-0.3, -0.25) is 9.59 Å². The molecule has 0 aliphatic carbocycles. The Bertz CT molecular complexity index is 737. The van der Waals surface area contributed by atoms with Crippen LogP contribution in [0.5, 0.6) is 5.75 Å². The van der Waals surface area contributed by atoms with E-state index in [1.165, 1.54) is 7.11 Å². The molecule has 0 saturated heterocycles. The van der Waals surface area contributed by atoms with E-state index in [2.05, 4.69) is 10.6 Å². The minimum absolute atomic E-state index is 0.0928. The Morgan fingerprint density at radius 3 is 2.25 bits per heavy atom. The summed E-state index contributed by atoms with van der Waals surface area (Å²) in [6.07, 6.45) is 0. The third-order valence-electron chi connectivity index (χ3n) is 3.56. The highest BCUT2D eigenvalue weighted by molar-refractivity contribution is 6.04. The van der Waals surface area contributed by atoms with Gasteiger partial charge in [-0.25, -0.2) is 0 Å². The van der Waals surface area contributed by atoms with Gasteiger partial charge in [0.25, 0.3) is 5.91 Å². The maximum Gasteiger partial charge on any atom is 0.255 e. The van der Waals surface area contributed by atoms with E-state index in [1.807, 2.05) is 32.9 Å². The van der Waals surface area contributed by atoms with Crippen LogP contribution in [0.25, 0.3) is 0 Å². The van der Waals surface area contributed by atoms with Gasteiger partial charge in [0.15, 0.2) is 0 Å². The first-order valence-electron chi connectivity index (χ1n) is 7.77. The van der Waals surface area contributed by atoms with Crippen molar-refractivity contribution in [2.24, 2.45) is 5.92 Å². The minimum Gasteiger partial charge on any atom is -0.494 e. The molecule has 0 aliphatic rings. The van der Waals surface area contributed by atoms with Crippen LogP contribution in [0.15, 0.2) is 42.5 Å². The Balaban J connectivity index is 2.15. The van der Waals surface area contributed by atoms with Crippen LogP contribution in [-0.2, 0) is 4.79 Å². The van der Waals surface area contributed by atoms with Crippen molar-refractivity contribution in [3.05, 3.63) is 53.6 Å². The number of amides is 2. The molecule has 0 aliphatic heterocycles. The van der Waals surface area contributed by atoms with Crippen molar-refractivity contribution < 1.29 is 14.3 Å². The SMILES string of the molecule is COc1cc(NC(=O)c2ccc(C)cc2)ccc1NC(=O)C(C)C. The van der Waals surface area contributed by atoms with Gasteiger partial charge < -0.3 is 15.4 Å². The van der Waals surface area contributed by atoms with E-state index in [0.717, 1.165) is 5.56 Å². The number of carbonyl (C=O) groups excluding carboxylic acids is 2. The van der Waals surface area contributed by atoms with Crippen molar-refractivity contribution in [1.82, 2.24) is 0 Å². The second-order valence-corrected chi connectivity index (χ2v) is 5.88. The molecule has 2 amide bonds. The van der Waals surface area contributed by atoms with Crippen LogP contribution in [0.4, 0.5) is 11.4 Å². The highest BCUT2D eigenvalue weighted by atomic mass is 16.5. The minimum atomic E-state index is -0.198. The third kappa shape index (κ3) is 4.35. The zero-order valence-electron chi connectivity index (χ0n) is 14.3. The van der Waals surface area contributed by atoms with Gasteiger partial charge in [-0.2, -0.15) is 0 Å². The van der Waals surface area contributed by atoms with Gasteiger partial charge in [0.2, 0.25) is 5.91 Å². The number of hydrogen-bond donors (Lipinski definition) is 2. The van der Waals surface area contributed by atoms with Gasteiger partial charge in [-0.15, -0.1) is 0 Å². The molecular weight excluding hydrogens is 304 g/mol. The van der Waals surface area contributed by atoms with Gasteiger partial charge in [0.1, 0.15) is 5.75 Å². The Labute approximate surface area is 142 Å². The largest absolute Gasteiger partial charge is 0.494 e. The van der Waals surface area contributed by atoms with Crippen LogP contribution in [0.3, 0.4) is 0 Å². The summed E-state index contributed by atoms with van der Waals surface area (Å²) in [5, 5.41) is 5.63. The molecule has 0 saturated carbocycles. The first kappa shape index (κ1) is 17.5. The number of carbonyl (C=O) groups is 2. The molecule has 0 atom stereocenters. The zero-order valence-corrected chi connectivity index (χ0v) is 14.3. The quantitative estimate of drug-likeness (QED) is 0.877. The summed E-state index contributed by atoms with van der Waals surface area (Å²) in [6, 6.07) is 12.5. The summed E-state index contributed by atoms with van der Waals surface area (Å²) in [5.74, 6) is 0.0714. The van der Waals surface area contributed by atoms with Crippen molar-refractivity contribution >= 4 is 23.2 Å². The fraction of sp³-hybridized carbons (Fsp3) is 0.263. The third-order valence-corrected chi connectivity index (χ3v) is 3.56. The predicted octanol–water partition coefficient (Wildman–Crippen LogP) is 3.85. The van der Waals surface area contributed by atoms with E-state index in [0.29, 0.717) is 22.7 Å². The van der Waals surface area contributed by atoms with E-state index in [1.54, 1.807) is 30.3 Å². The van der Waals surface area contributed by atoms with Crippen LogP contribution < -0.4 is 15.4 Å². The molecular formula is C19H22N2O3.